The summed E-state index contributed by atoms with van der Waals surface area (Å²) in [6.07, 6.45) is 15.4. The topological polar surface area (TPSA) is 6.48 Å². The van der Waals surface area contributed by atoms with Crippen LogP contribution in [0, 0.1) is 0 Å². The van der Waals surface area contributed by atoms with Crippen molar-refractivity contribution in [2.75, 3.05) is 26.2 Å². The summed E-state index contributed by atoms with van der Waals surface area (Å²) in [6.45, 7) is 13.7. The quantitative estimate of drug-likeness (QED) is 0.0824. The molecule has 0 aliphatic rings. The fraction of sp³-hybridized carbons (Fsp3) is 0.909. The van der Waals surface area contributed by atoms with Gasteiger partial charge in [-0.3, -0.25) is 0 Å². The van der Waals surface area contributed by atoms with E-state index in [1.165, 1.54) is 77.0 Å². The van der Waals surface area contributed by atoms with Crippen molar-refractivity contribution in [2.24, 2.45) is 0 Å². The molecule has 0 aromatic rings. The van der Waals surface area contributed by atoms with Gasteiger partial charge < -0.3 is 0 Å². The van der Waals surface area contributed by atoms with Gasteiger partial charge in [-0.1, -0.05) is 0 Å². The van der Waals surface area contributed by atoms with E-state index in [0.717, 1.165) is 34.8 Å². The SMILES string of the molecule is CCCCCN(CCCCC)C(=S)[S][Pb][S]C(=S)N(CCCCC)CCCCC. The van der Waals surface area contributed by atoms with E-state index in [9.17, 15) is 0 Å². The van der Waals surface area contributed by atoms with Crippen molar-refractivity contribution < 1.29 is 0 Å². The average molecular weight is 672 g/mol. The molecular weight excluding hydrogens is 628 g/mol. The fourth-order valence-electron chi connectivity index (χ4n) is 3.02. The van der Waals surface area contributed by atoms with Crippen molar-refractivity contribution in [3.63, 3.8) is 0 Å². The van der Waals surface area contributed by atoms with Gasteiger partial charge in [0, 0.05) is 0 Å². The number of rotatable bonds is 18. The molecule has 0 atom stereocenters. The third kappa shape index (κ3) is 17.6. The van der Waals surface area contributed by atoms with Crippen molar-refractivity contribution in [2.45, 2.75) is 105 Å². The van der Waals surface area contributed by atoms with Crippen LogP contribution in [0.2, 0.25) is 0 Å². The van der Waals surface area contributed by atoms with E-state index in [-0.39, 0.29) is 0 Å². The summed E-state index contributed by atoms with van der Waals surface area (Å²) in [5, 5.41) is 0. The third-order valence-electron chi connectivity index (χ3n) is 4.90. The number of hydrogen-bond acceptors (Lipinski definition) is 4. The summed E-state index contributed by atoms with van der Waals surface area (Å²) in [4.78, 5) is 4.98. The van der Waals surface area contributed by atoms with Crippen molar-refractivity contribution in [3.05, 3.63) is 0 Å². The number of unbranched alkanes of at least 4 members (excludes halogenated alkanes) is 8. The molecule has 0 aliphatic heterocycles. The summed E-state index contributed by atoms with van der Waals surface area (Å²) in [7, 11) is 4.01. The van der Waals surface area contributed by atoms with Crippen LogP contribution in [0.1, 0.15) is 105 Å². The molecule has 0 rings (SSSR count). The van der Waals surface area contributed by atoms with Gasteiger partial charge in [0.05, 0.1) is 0 Å². The minimum atomic E-state index is -0.957. The van der Waals surface area contributed by atoms with E-state index in [4.69, 9.17) is 24.4 Å². The first-order valence-electron chi connectivity index (χ1n) is 11.8. The van der Waals surface area contributed by atoms with Gasteiger partial charge in [0.15, 0.2) is 0 Å². The molecule has 0 aromatic carbocycles. The van der Waals surface area contributed by atoms with Gasteiger partial charge in [0.25, 0.3) is 0 Å². The standard InChI is InChI=1S/2C11H23NS2.Pb/c2*1-3-5-7-9-12(11(13)14)10-8-6-4-2;/h2*3-10H2,1-2H3,(H,13,14);/q;;+2/p-2. The second kappa shape index (κ2) is 22.6. The summed E-state index contributed by atoms with van der Waals surface area (Å²) in [5.74, 6) is 0. The predicted molar refractivity (Wildman–Crippen MR) is 147 cm³/mol. The molecule has 0 heterocycles. The Bertz CT molecular complexity index is 354. The Morgan fingerprint density at radius 1 is 0.552 bits per heavy atom. The van der Waals surface area contributed by atoms with Gasteiger partial charge >= 0.3 is 212 Å². The van der Waals surface area contributed by atoms with E-state index in [1.54, 1.807) is 0 Å². The van der Waals surface area contributed by atoms with Gasteiger partial charge in [0.2, 0.25) is 0 Å². The molecule has 29 heavy (non-hydrogen) atoms. The van der Waals surface area contributed by atoms with Crippen LogP contribution in [0.4, 0.5) is 0 Å². The van der Waals surface area contributed by atoms with E-state index in [1.807, 2.05) is 16.6 Å². The van der Waals surface area contributed by atoms with Crippen LogP contribution in [-0.4, -0.2) is 65.9 Å². The fourth-order valence-corrected chi connectivity index (χ4v) is 19.6. The van der Waals surface area contributed by atoms with Crippen molar-refractivity contribution in [1.29, 1.82) is 0 Å². The van der Waals surface area contributed by atoms with E-state index < -0.39 is 21.2 Å². The monoisotopic (exact) mass is 672 g/mol. The molecular formula is C22H44N2PbS4. The number of nitrogens with zero attached hydrogens (tertiary/aromatic N) is 2. The molecule has 2 nitrogen and oxygen atoms in total. The first-order chi connectivity index (χ1) is 14.1. The third-order valence-corrected chi connectivity index (χ3v) is 21.2. The van der Waals surface area contributed by atoms with Crippen molar-refractivity contribution in [1.82, 2.24) is 9.80 Å². The average Bonchev–Trinajstić information content (AvgIpc) is 2.71. The Kier molecular flexibility index (Phi) is 23.7. The summed E-state index contributed by atoms with van der Waals surface area (Å²) in [6, 6.07) is 0. The molecule has 0 N–H and O–H groups in total. The Morgan fingerprint density at radius 2 is 0.828 bits per heavy atom. The minimum absolute atomic E-state index is 0.957. The van der Waals surface area contributed by atoms with E-state index in [2.05, 4.69) is 37.5 Å². The summed E-state index contributed by atoms with van der Waals surface area (Å²) in [5.41, 5.74) is 0. The van der Waals surface area contributed by atoms with Crippen LogP contribution in [-0.2, 0) is 0 Å². The zero-order valence-corrected chi connectivity index (χ0v) is 26.5. The van der Waals surface area contributed by atoms with Gasteiger partial charge in [-0.05, 0) is 0 Å². The molecule has 0 spiro atoms. The first kappa shape index (κ1) is 30.4. The molecule has 0 saturated carbocycles. The molecule has 0 saturated heterocycles. The first-order valence-corrected chi connectivity index (χ1v) is 23.7. The molecule has 0 aromatic heterocycles. The second-order valence-electron chi connectivity index (χ2n) is 7.62. The van der Waals surface area contributed by atoms with Gasteiger partial charge in [-0.2, -0.15) is 0 Å². The summed E-state index contributed by atoms with van der Waals surface area (Å²) >= 11 is 10.7. The molecule has 0 amide bonds. The van der Waals surface area contributed by atoms with Crippen LogP contribution in [0.3, 0.4) is 0 Å². The van der Waals surface area contributed by atoms with Crippen LogP contribution in [0.25, 0.3) is 0 Å². The number of thiocarbonyl (C=S) groups is 2. The zero-order chi connectivity index (χ0) is 21.7. The van der Waals surface area contributed by atoms with Gasteiger partial charge in [0.1, 0.15) is 0 Å². The molecule has 0 bridgehead atoms. The zero-order valence-electron chi connectivity index (χ0n) is 19.3. The molecule has 0 unspecified atom stereocenters. The normalized spacial score (nSPS) is 10.9. The van der Waals surface area contributed by atoms with Crippen molar-refractivity contribution in [3.8, 4) is 0 Å². The van der Waals surface area contributed by atoms with Crippen LogP contribution >= 0.6 is 41.1 Å². The second-order valence-corrected chi connectivity index (χ2v) is 21.4. The van der Waals surface area contributed by atoms with Gasteiger partial charge in [-0.15, -0.1) is 0 Å². The van der Waals surface area contributed by atoms with Crippen LogP contribution in [0.5, 0.6) is 0 Å². The van der Waals surface area contributed by atoms with Crippen LogP contribution in [0.15, 0.2) is 0 Å². The maximum absolute atomic E-state index is 5.83. The predicted octanol–water partition coefficient (Wildman–Crippen LogP) is 7.92. The Morgan fingerprint density at radius 3 is 1.07 bits per heavy atom. The molecule has 2 radical (unpaired) electrons. The van der Waals surface area contributed by atoms with E-state index >= 15 is 0 Å². The molecule has 0 aliphatic carbocycles. The van der Waals surface area contributed by atoms with Crippen LogP contribution < -0.4 is 0 Å². The Hall–Kier alpha value is 1.40. The Labute approximate surface area is 210 Å². The molecule has 7 heteroatoms. The van der Waals surface area contributed by atoms with Gasteiger partial charge in [-0.25, -0.2) is 0 Å². The molecule has 170 valence electrons. The molecule has 0 fully saturated rings. The van der Waals surface area contributed by atoms with E-state index in [0.29, 0.717) is 0 Å². The maximum atomic E-state index is 5.83. The number of hydrogen-bond donors (Lipinski definition) is 0. The Balaban J connectivity index is 4.43. The summed E-state index contributed by atoms with van der Waals surface area (Å²) < 4.78 is 2.30. The van der Waals surface area contributed by atoms with Crippen molar-refractivity contribution >= 4 is 70.9 Å².